The zero-order valence-electron chi connectivity index (χ0n) is 8.25. The third kappa shape index (κ3) is 2.31. The number of anilines is 1. The minimum absolute atomic E-state index is 0.131. The van der Waals surface area contributed by atoms with E-state index in [1.807, 2.05) is 0 Å². The molecule has 1 rings (SSSR count). The van der Waals surface area contributed by atoms with Gasteiger partial charge in [0.05, 0.1) is 23.6 Å². The molecule has 0 saturated heterocycles. The van der Waals surface area contributed by atoms with Crippen LogP contribution in [0.4, 0.5) is 5.69 Å². The molecule has 0 aliphatic rings. The van der Waals surface area contributed by atoms with Crippen molar-refractivity contribution in [1.29, 1.82) is 0 Å². The third-order valence-corrected chi connectivity index (χ3v) is 3.74. The van der Waals surface area contributed by atoms with Gasteiger partial charge in [-0.15, -0.1) is 0 Å². The van der Waals surface area contributed by atoms with Gasteiger partial charge in [-0.25, -0.2) is 13.2 Å². The average molecular weight is 245 g/mol. The lowest BCUT2D eigenvalue weighted by atomic mass is 10.2. The first-order valence-electron chi connectivity index (χ1n) is 4.35. The van der Waals surface area contributed by atoms with E-state index in [9.17, 15) is 13.2 Å². The molecule has 4 N–H and O–H groups in total. The molecule has 0 spiro atoms. The van der Waals surface area contributed by atoms with Crippen LogP contribution in [0.2, 0.25) is 0 Å². The van der Waals surface area contributed by atoms with Crippen molar-refractivity contribution in [3.8, 4) is 0 Å². The van der Waals surface area contributed by atoms with E-state index in [2.05, 4.69) is 0 Å². The first kappa shape index (κ1) is 12.5. The number of sulfone groups is 1. The van der Waals surface area contributed by atoms with Crippen molar-refractivity contribution >= 4 is 21.5 Å². The molecule has 88 valence electrons. The Morgan fingerprint density at radius 2 is 2.00 bits per heavy atom. The largest absolute Gasteiger partial charge is 0.478 e. The monoisotopic (exact) mass is 245 g/mol. The van der Waals surface area contributed by atoms with Crippen molar-refractivity contribution in [2.75, 3.05) is 18.1 Å². The van der Waals surface area contributed by atoms with Crippen LogP contribution in [0.25, 0.3) is 0 Å². The maximum atomic E-state index is 11.7. The van der Waals surface area contributed by atoms with Gasteiger partial charge in [-0.05, 0) is 12.1 Å². The number of aromatic carboxylic acids is 1. The lowest BCUT2D eigenvalue weighted by Gasteiger charge is -2.09. The Labute approximate surface area is 92.2 Å². The zero-order valence-corrected chi connectivity index (χ0v) is 9.07. The van der Waals surface area contributed by atoms with Gasteiger partial charge in [0.1, 0.15) is 4.90 Å². The summed E-state index contributed by atoms with van der Waals surface area (Å²) >= 11 is 0. The van der Waals surface area contributed by atoms with Crippen molar-refractivity contribution in [3.63, 3.8) is 0 Å². The fourth-order valence-electron chi connectivity index (χ4n) is 1.29. The summed E-state index contributed by atoms with van der Waals surface area (Å²) in [6.07, 6.45) is 0. The van der Waals surface area contributed by atoms with Crippen LogP contribution in [-0.4, -0.2) is 37.0 Å². The third-order valence-electron chi connectivity index (χ3n) is 1.95. The Morgan fingerprint density at radius 3 is 2.50 bits per heavy atom. The number of rotatable bonds is 4. The molecule has 7 heteroatoms. The second-order valence-electron chi connectivity index (χ2n) is 3.07. The molecule has 0 amide bonds. The van der Waals surface area contributed by atoms with Crippen molar-refractivity contribution in [3.05, 3.63) is 23.8 Å². The smallest absolute Gasteiger partial charge is 0.337 e. The highest BCUT2D eigenvalue weighted by Gasteiger charge is 2.24. The van der Waals surface area contributed by atoms with E-state index in [0.717, 1.165) is 6.07 Å². The number of aliphatic hydroxyl groups excluding tert-OH is 1. The molecule has 0 aliphatic carbocycles. The molecule has 0 radical (unpaired) electrons. The second kappa shape index (κ2) is 4.50. The van der Waals surface area contributed by atoms with E-state index in [-0.39, 0.29) is 11.3 Å². The molecule has 0 atom stereocenters. The van der Waals surface area contributed by atoms with Gasteiger partial charge < -0.3 is 15.9 Å². The van der Waals surface area contributed by atoms with E-state index in [4.69, 9.17) is 15.9 Å². The van der Waals surface area contributed by atoms with Crippen molar-refractivity contribution in [2.24, 2.45) is 0 Å². The van der Waals surface area contributed by atoms with Crippen LogP contribution in [0.5, 0.6) is 0 Å². The van der Waals surface area contributed by atoms with Crippen molar-refractivity contribution < 1.29 is 23.4 Å². The summed E-state index contributed by atoms with van der Waals surface area (Å²) < 4.78 is 23.3. The number of carboxylic acids is 1. The van der Waals surface area contributed by atoms with E-state index in [0.29, 0.717) is 0 Å². The normalized spacial score (nSPS) is 11.3. The number of benzene rings is 1. The van der Waals surface area contributed by atoms with Crippen molar-refractivity contribution in [1.82, 2.24) is 0 Å². The fraction of sp³-hybridized carbons (Fsp3) is 0.222. The predicted octanol–water partition coefficient (Wildman–Crippen LogP) is -0.267. The van der Waals surface area contributed by atoms with Crippen LogP contribution in [0.1, 0.15) is 10.4 Å². The molecule has 0 fully saturated rings. The van der Waals surface area contributed by atoms with Crippen LogP contribution in [0, 0.1) is 0 Å². The molecule has 6 nitrogen and oxygen atoms in total. The van der Waals surface area contributed by atoms with Gasteiger partial charge in [-0.3, -0.25) is 0 Å². The van der Waals surface area contributed by atoms with Crippen LogP contribution in [0.3, 0.4) is 0 Å². The van der Waals surface area contributed by atoms with E-state index in [1.54, 1.807) is 0 Å². The molecule has 1 aromatic rings. The minimum atomic E-state index is -3.87. The molecule has 0 heterocycles. The van der Waals surface area contributed by atoms with Gasteiger partial charge in [-0.2, -0.15) is 0 Å². The van der Waals surface area contributed by atoms with Crippen LogP contribution in [-0.2, 0) is 9.84 Å². The number of hydrogen-bond donors (Lipinski definition) is 3. The van der Waals surface area contributed by atoms with E-state index in [1.165, 1.54) is 12.1 Å². The molecule has 0 aromatic heterocycles. The van der Waals surface area contributed by atoms with Gasteiger partial charge in [0, 0.05) is 0 Å². The maximum Gasteiger partial charge on any atom is 0.337 e. The Bertz CT molecular complexity index is 509. The topological polar surface area (TPSA) is 118 Å². The molecular formula is C9H11NO5S. The van der Waals surface area contributed by atoms with Gasteiger partial charge in [0.2, 0.25) is 0 Å². The molecule has 0 saturated carbocycles. The summed E-state index contributed by atoms with van der Waals surface area (Å²) in [4.78, 5) is 10.4. The standard InChI is InChI=1S/C9H11NO5S/c10-7-3-1-2-6(9(12)13)8(7)16(14,15)5-4-11/h1-3,11H,4-5,10H2,(H,12,13). The average Bonchev–Trinajstić information content (AvgIpc) is 2.16. The minimum Gasteiger partial charge on any atom is -0.478 e. The predicted molar refractivity (Wildman–Crippen MR) is 57.0 cm³/mol. The summed E-state index contributed by atoms with van der Waals surface area (Å²) in [6.45, 7) is -0.588. The summed E-state index contributed by atoms with van der Waals surface area (Å²) in [5, 5.41) is 17.5. The first-order chi connectivity index (χ1) is 7.40. The number of carboxylic acid groups (broad SMARTS) is 1. The summed E-state index contributed by atoms with van der Waals surface area (Å²) in [5.74, 6) is -1.93. The molecule has 16 heavy (non-hydrogen) atoms. The highest BCUT2D eigenvalue weighted by atomic mass is 32.2. The Morgan fingerprint density at radius 1 is 1.38 bits per heavy atom. The van der Waals surface area contributed by atoms with Gasteiger partial charge >= 0.3 is 5.97 Å². The van der Waals surface area contributed by atoms with Gasteiger partial charge in [-0.1, -0.05) is 6.07 Å². The second-order valence-corrected chi connectivity index (χ2v) is 5.12. The maximum absolute atomic E-state index is 11.7. The molecule has 0 unspecified atom stereocenters. The quantitative estimate of drug-likeness (QED) is 0.628. The van der Waals surface area contributed by atoms with Gasteiger partial charge in [0.15, 0.2) is 9.84 Å². The first-order valence-corrected chi connectivity index (χ1v) is 6.01. The lowest BCUT2D eigenvalue weighted by Crippen LogP contribution is -2.16. The SMILES string of the molecule is Nc1cccc(C(=O)O)c1S(=O)(=O)CCO. The number of hydrogen-bond acceptors (Lipinski definition) is 5. The van der Waals surface area contributed by atoms with Crippen LogP contribution >= 0.6 is 0 Å². The zero-order chi connectivity index (χ0) is 12.3. The molecule has 0 aliphatic heterocycles. The molecule has 1 aromatic carbocycles. The summed E-state index contributed by atoms with van der Waals surface area (Å²) in [7, 11) is -3.87. The number of aliphatic hydroxyl groups is 1. The molecule has 0 bridgehead atoms. The van der Waals surface area contributed by atoms with E-state index >= 15 is 0 Å². The Kier molecular flexibility index (Phi) is 3.51. The molecular weight excluding hydrogens is 234 g/mol. The highest BCUT2D eigenvalue weighted by Crippen LogP contribution is 2.24. The number of nitrogens with two attached hydrogens (primary N) is 1. The van der Waals surface area contributed by atoms with E-state index < -0.39 is 33.1 Å². The fourth-order valence-corrected chi connectivity index (χ4v) is 2.65. The summed E-state index contributed by atoms with van der Waals surface area (Å²) in [5.41, 5.74) is 4.94. The lowest BCUT2D eigenvalue weighted by molar-refractivity contribution is 0.0692. The Hall–Kier alpha value is -1.60. The van der Waals surface area contributed by atoms with Crippen LogP contribution in [0.15, 0.2) is 23.1 Å². The number of carbonyl (C=O) groups is 1. The van der Waals surface area contributed by atoms with Gasteiger partial charge in [0.25, 0.3) is 0 Å². The van der Waals surface area contributed by atoms with Crippen LogP contribution < -0.4 is 5.73 Å². The van der Waals surface area contributed by atoms with Crippen molar-refractivity contribution in [2.45, 2.75) is 4.90 Å². The Balaban J connectivity index is 3.48. The summed E-state index contributed by atoms with van der Waals surface area (Å²) in [6, 6.07) is 3.82. The number of nitrogen functional groups attached to an aromatic ring is 1. The highest BCUT2D eigenvalue weighted by molar-refractivity contribution is 7.91.